The first kappa shape index (κ1) is 16.2. The zero-order valence-corrected chi connectivity index (χ0v) is 15.2. The third-order valence-corrected chi connectivity index (χ3v) is 5.69. The second kappa shape index (κ2) is 6.20. The van der Waals surface area contributed by atoms with Crippen LogP contribution in [0.1, 0.15) is 66.7 Å². The number of nitrogens with one attached hydrogen (secondary N) is 2. The summed E-state index contributed by atoms with van der Waals surface area (Å²) in [6.45, 7) is 4.79. The number of carbonyl (C=O) groups excluding carboxylic acids is 1. The van der Waals surface area contributed by atoms with Crippen molar-refractivity contribution in [2.75, 3.05) is 11.9 Å². The minimum Gasteiger partial charge on any atom is -0.317 e. The highest BCUT2D eigenvalue weighted by atomic mass is 16.2. The van der Waals surface area contributed by atoms with E-state index >= 15 is 0 Å². The lowest BCUT2D eigenvalue weighted by Crippen LogP contribution is -2.35. The van der Waals surface area contributed by atoms with E-state index in [0.29, 0.717) is 5.92 Å². The van der Waals surface area contributed by atoms with Crippen LogP contribution in [0.3, 0.4) is 0 Å². The van der Waals surface area contributed by atoms with Crippen LogP contribution in [-0.4, -0.2) is 37.5 Å². The fourth-order valence-electron chi connectivity index (χ4n) is 4.05. The van der Waals surface area contributed by atoms with Gasteiger partial charge in [0.15, 0.2) is 0 Å². The Labute approximate surface area is 147 Å². The largest absolute Gasteiger partial charge is 0.323 e. The first-order valence-corrected chi connectivity index (χ1v) is 9.17. The summed E-state index contributed by atoms with van der Waals surface area (Å²) in [6.07, 6.45) is 5.69. The summed E-state index contributed by atoms with van der Waals surface area (Å²) in [4.78, 5) is 14.8. The second-order valence-electron chi connectivity index (χ2n) is 7.34. The summed E-state index contributed by atoms with van der Waals surface area (Å²) < 4.78 is 1.78. The van der Waals surface area contributed by atoms with E-state index in [9.17, 15) is 4.79 Å². The highest BCUT2D eigenvalue weighted by Gasteiger charge is 2.33. The Hall–Kier alpha value is -2.31. The standard InChI is InChI=1S/C18H26N6O/c1-11-17(12(2)21-20-11)15-8-5-9-24(15)18(25)19-16-10-14(22-23(16)3)13-6-4-7-13/h10,13,15H,4-9H2,1-3H3,(H,19,25)(H,20,21)/t15-/m0/s1. The maximum absolute atomic E-state index is 12.9. The molecule has 0 spiro atoms. The quantitative estimate of drug-likeness (QED) is 0.897. The van der Waals surface area contributed by atoms with Crippen LogP contribution < -0.4 is 5.32 Å². The number of H-pyrrole nitrogens is 1. The van der Waals surface area contributed by atoms with Crippen molar-refractivity contribution in [1.82, 2.24) is 24.9 Å². The molecule has 1 atom stereocenters. The lowest BCUT2D eigenvalue weighted by atomic mass is 9.83. The molecule has 7 nitrogen and oxygen atoms in total. The van der Waals surface area contributed by atoms with Crippen molar-refractivity contribution in [3.63, 3.8) is 0 Å². The molecule has 7 heteroatoms. The molecule has 0 bridgehead atoms. The minimum absolute atomic E-state index is 0.0503. The molecule has 134 valence electrons. The molecule has 4 rings (SSSR count). The molecule has 2 aromatic heterocycles. The maximum Gasteiger partial charge on any atom is 0.323 e. The van der Waals surface area contributed by atoms with E-state index in [2.05, 4.69) is 20.6 Å². The number of urea groups is 1. The fraction of sp³-hybridized carbons (Fsp3) is 0.611. The zero-order chi connectivity index (χ0) is 17.6. The summed E-state index contributed by atoms with van der Waals surface area (Å²) >= 11 is 0. The van der Waals surface area contributed by atoms with Gasteiger partial charge in [-0.15, -0.1) is 0 Å². The average molecular weight is 342 g/mol. The van der Waals surface area contributed by atoms with Gasteiger partial charge in [-0.2, -0.15) is 10.2 Å². The summed E-state index contributed by atoms with van der Waals surface area (Å²) in [5.74, 6) is 1.34. The van der Waals surface area contributed by atoms with Crippen LogP contribution in [0.2, 0.25) is 0 Å². The monoisotopic (exact) mass is 342 g/mol. The molecule has 1 saturated heterocycles. The lowest BCUT2D eigenvalue weighted by molar-refractivity contribution is 0.206. The van der Waals surface area contributed by atoms with Crippen molar-refractivity contribution in [3.8, 4) is 0 Å². The van der Waals surface area contributed by atoms with Gasteiger partial charge in [0, 0.05) is 36.8 Å². The Kier molecular flexibility index (Phi) is 4.01. The average Bonchev–Trinajstić information content (AvgIpc) is 3.19. The van der Waals surface area contributed by atoms with E-state index in [1.54, 1.807) is 4.68 Å². The van der Waals surface area contributed by atoms with Gasteiger partial charge in [-0.1, -0.05) is 6.42 Å². The zero-order valence-electron chi connectivity index (χ0n) is 15.2. The summed E-state index contributed by atoms with van der Waals surface area (Å²) in [7, 11) is 1.89. The molecule has 2 amide bonds. The molecule has 2 N–H and O–H groups in total. The van der Waals surface area contributed by atoms with Gasteiger partial charge in [-0.25, -0.2) is 4.79 Å². The van der Waals surface area contributed by atoms with E-state index in [-0.39, 0.29) is 12.1 Å². The Balaban J connectivity index is 1.51. The van der Waals surface area contributed by atoms with Gasteiger partial charge in [0.25, 0.3) is 0 Å². The van der Waals surface area contributed by atoms with Crippen LogP contribution in [0.15, 0.2) is 6.07 Å². The number of hydrogen-bond donors (Lipinski definition) is 2. The van der Waals surface area contributed by atoms with Crippen molar-refractivity contribution in [2.24, 2.45) is 7.05 Å². The Bertz CT molecular complexity index is 768. The van der Waals surface area contributed by atoms with Gasteiger partial charge in [-0.05, 0) is 39.5 Å². The number of amides is 2. The SMILES string of the molecule is Cc1n[nH]c(C)c1[C@@H]1CCCN1C(=O)Nc1cc(C2CCC2)nn1C. The summed E-state index contributed by atoms with van der Waals surface area (Å²) in [5, 5.41) is 15.0. The third-order valence-electron chi connectivity index (χ3n) is 5.69. The van der Waals surface area contributed by atoms with Crippen molar-refractivity contribution < 1.29 is 4.79 Å². The molecule has 0 aromatic carbocycles. The van der Waals surface area contributed by atoms with E-state index in [1.165, 1.54) is 19.3 Å². The van der Waals surface area contributed by atoms with Crippen molar-refractivity contribution in [1.29, 1.82) is 0 Å². The fourth-order valence-corrected chi connectivity index (χ4v) is 4.05. The second-order valence-corrected chi connectivity index (χ2v) is 7.34. The van der Waals surface area contributed by atoms with Gasteiger partial charge < -0.3 is 4.90 Å². The third kappa shape index (κ3) is 2.81. The molecule has 2 aliphatic rings. The first-order valence-electron chi connectivity index (χ1n) is 9.17. The molecule has 0 radical (unpaired) electrons. The number of aryl methyl sites for hydroxylation is 3. The lowest BCUT2D eigenvalue weighted by Gasteiger charge is -2.25. The number of anilines is 1. The molecule has 1 aliphatic carbocycles. The van der Waals surface area contributed by atoms with Crippen LogP contribution >= 0.6 is 0 Å². The summed E-state index contributed by atoms with van der Waals surface area (Å²) in [6, 6.07) is 2.07. The van der Waals surface area contributed by atoms with Crippen molar-refractivity contribution >= 4 is 11.8 Å². The summed E-state index contributed by atoms with van der Waals surface area (Å²) in [5.41, 5.74) is 4.29. The predicted octanol–water partition coefficient (Wildman–Crippen LogP) is 3.40. The highest BCUT2D eigenvalue weighted by molar-refractivity contribution is 5.89. The minimum atomic E-state index is -0.0503. The topological polar surface area (TPSA) is 78.8 Å². The van der Waals surface area contributed by atoms with E-state index in [1.807, 2.05) is 31.9 Å². The number of aromatic amines is 1. The Morgan fingerprint density at radius 2 is 2.08 bits per heavy atom. The number of nitrogens with zero attached hydrogens (tertiary/aromatic N) is 4. The maximum atomic E-state index is 12.9. The number of likely N-dealkylation sites (tertiary alicyclic amines) is 1. The highest BCUT2D eigenvalue weighted by Crippen LogP contribution is 2.37. The molecule has 3 heterocycles. The van der Waals surface area contributed by atoms with Crippen LogP contribution in [0, 0.1) is 13.8 Å². The van der Waals surface area contributed by atoms with Crippen LogP contribution in [0.5, 0.6) is 0 Å². The van der Waals surface area contributed by atoms with Crippen molar-refractivity contribution in [2.45, 2.75) is 57.9 Å². The van der Waals surface area contributed by atoms with Crippen LogP contribution in [0.25, 0.3) is 0 Å². The van der Waals surface area contributed by atoms with E-state index in [0.717, 1.165) is 47.8 Å². The number of rotatable bonds is 3. The Morgan fingerprint density at radius 3 is 2.72 bits per heavy atom. The molecule has 25 heavy (non-hydrogen) atoms. The van der Waals surface area contributed by atoms with Gasteiger partial charge in [-0.3, -0.25) is 15.1 Å². The molecule has 2 aromatic rings. The molecular formula is C18H26N6O. The van der Waals surface area contributed by atoms with E-state index < -0.39 is 0 Å². The van der Waals surface area contributed by atoms with Crippen LogP contribution in [0.4, 0.5) is 10.6 Å². The van der Waals surface area contributed by atoms with E-state index in [4.69, 9.17) is 0 Å². The smallest absolute Gasteiger partial charge is 0.317 e. The number of hydrogen-bond acceptors (Lipinski definition) is 3. The molecular weight excluding hydrogens is 316 g/mol. The van der Waals surface area contributed by atoms with Gasteiger partial charge in [0.2, 0.25) is 0 Å². The first-order chi connectivity index (χ1) is 12.0. The Morgan fingerprint density at radius 1 is 1.28 bits per heavy atom. The van der Waals surface area contributed by atoms with Gasteiger partial charge >= 0.3 is 6.03 Å². The predicted molar refractivity (Wildman–Crippen MR) is 95.6 cm³/mol. The van der Waals surface area contributed by atoms with Crippen molar-refractivity contribution in [3.05, 3.63) is 28.7 Å². The van der Waals surface area contributed by atoms with Gasteiger partial charge in [0.05, 0.1) is 17.4 Å². The molecule has 1 saturated carbocycles. The molecule has 2 fully saturated rings. The molecule has 1 aliphatic heterocycles. The normalized spacial score (nSPS) is 20.8. The van der Waals surface area contributed by atoms with Gasteiger partial charge in [0.1, 0.15) is 5.82 Å². The number of carbonyl (C=O) groups is 1. The van der Waals surface area contributed by atoms with Crippen LogP contribution in [-0.2, 0) is 7.05 Å². The number of aromatic nitrogens is 4. The molecule has 0 unspecified atom stereocenters.